The number of carboxylic acid groups (broad SMARTS) is 1. The van der Waals surface area contributed by atoms with E-state index in [1.165, 1.54) is 11.8 Å². The second-order valence-electron chi connectivity index (χ2n) is 7.94. The van der Waals surface area contributed by atoms with Gasteiger partial charge in [-0.2, -0.15) is 5.26 Å². The number of hydrogen-bond acceptors (Lipinski definition) is 6. The van der Waals surface area contributed by atoms with E-state index in [2.05, 4.69) is 6.07 Å². The number of carbonyl (C=O) groups excluding carboxylic acids is 1. The lowest BCUT2D eigenvalue weighted by atomic mass is 9.98. The molecule has 2 unspecified atom stereocenters. The summed E-state index contributed by atoms with van der Waals surface area (Å²) < 4.78 is 10.9. The van der Waals surface area contributed by atoms with Crippen molar-refractivity contribution in [3.63, 3.8) is 0 Å². The Hall–Kier alpha value is -3.18. The molecule has 7 nitrogen and oxygen atoms in total. The van der Waals surface area contributed by atoms with Gasteiger partial charge < -0.3 is 19.5 Å². The minimum atomic E-state index is -1.04. The largest absolute Gasteiger partial charge is 0.497 e. The van der Waals surface area contributed by atoms with Gasteiger partial charge in [0.25, 0.3) is 0 Å². The van der Waals surface area contributed by atoms with Crippen LogP contribution < -0.4 is 14.4 Å². The molecular formula is C24H26N2O5S. The maximum Gasteiger partial charge on any atom is 0.305 e. The van der Waals surface area contributed by atoms with Gasteiger partial charge in [0.15, 0.2) is 0 Å². The van der Waals surface area contributed by atoms with Crippen LogP contribution in [0, 0.1) is 17.2 Å². The van der Waals surface area contributed by atoms with E-state index in [0.717, 1.165) is 11.1 Å². The average molecular weight is 455 g/mol. The molecule has 0 radical (unpaired) electrons. The summed E-state index contributed by atoms with van der Waals surface area (Å²) in [5, 5.41) is 17.8. The van der Waals surface area contributed by atoms with E-state index < -0.39 is 16.5 Å². The average Bonchev–Trinajstić information content (AvgIpc) is 2.88. The molecule has 3 rings (SSSR count). The number of methoxy groups -OCH3 is 2. The first kappa shape index (κ1) is 23.5. The van der Waals surface area contributed by atoms with Crippen LogP contribution >= 0.6 is 11.8 Å². The van der Waals surface area contributed by atoms with E-state index >= 15 is 0 Å². The Morgan fingerprint density at radius 1 is 1.19 bits per heavy atom. The molecule has 0 spiro atoms. The van der Waals surface area contributed by atoms with E-state index in [4.69, 9.17) is 9.47 Å². The van der Waals surface area contributed by atoms with Crippen LogP contribution in [0.2, 0.25) is 0 Å². The molecule has 32 heavy (non-hydrogen) atoms. The maximum atomic E-state index is 13.5. The Kier molecular flexibility index (Phi) is 7.31. The first-order valence-electron chi connectivity index (χ1n) is 10.2. The van der Waals surface area contributed by atoms with E-state index in [1.54, 1.807) is 49.5 Å². The van der Waals surface area contributed by atoms with Crippen molar-refractivity contribution in [3.8, 4) is 17.6 Å². The Morgan fingerprint density at radius 3 is 2.53 bits per heavy atom. The number of ether oxygens (including phenoxy) is 2. The van der Waals surface area contributed by atoms with E-state index in [-0.39, 0.29) is 18.2 Å². The molecule has 2 atom stereocenters. The molecule has 8 heteroatoms. The third-order valence-electron chi connectivity index (χ3n) is 5.20. The minimum Gasteiger partial charge on any atom is -0.497 e. The lowest BCUT2D eigenvalue weighted by Gasteiger charge is -2.27. The molecule has 2 aromatic rings. The lowest BCUT2D eigenvalue weighted by molar-refractivity contribution is -0.138. The normalized spacial score (nSPS) is 18.0. The number of benzene rings is 2. The topological polar surface area (TPSA) is 99.9 Å². The molecule has 168 valence electrons. The van der Waals surface area contributed by atoms with Crippen LogP contribution in [0.1, 0.15) is 42.2 Å². The van der Waals surface area contributed by atoms with Crippen LogP contribution in [-0.4, -0.2) is 43.0 Å². The van der Waals surface area contributed by atoms with Gasteiger partial charge >= 0.3 is 5.97 Å². The second kappa shape index (κ2) is 9.96. The van der Waals surface area contributed by atoms with Crippen LogP contribution in [0.15, 0.2) is 36.4 Å². The summed E-state index contributed by atoms with van der Waals surface area (Å²) in [6.45, 7) is 4.45. The lowest BCUT2D eigenvalue weighted by Crippen LogP contribution is -2.40. The van der Waals surface area contributed by atoms with Crippen molar-refractivity contribution in [1.29, 1.82) is 5.26 Å². The molecule has 0 fully saturated rings. The standard InChI is InChI=1S/C24H26N2O5S/c1-14(2)13-26-19-8-5-15(12-25)9-18(19)23(32-21(24(26)29)11-22(27)28)17-7-6-16(30-3)10-20(17)31-4/h5-10,14,21,23H,11,13H2,1-4H3,(H,27,28). The van der Waals surface area contributed by atoms with Crippen LogP contribution in [0.25, 0.3) is 0 Å². The molecule has 0 saturated carbocycles. The first-order chi connectivity index (χ1) is 15.3. The molecule has 1 heterocycles. The molecule has 0 aromatic heterocycles. The highest BCUT2D eigenvalue weighted by Gasteiger charge is 2.38. The minimum absolute atomic E-state index is 0.171. The highest BCUT2D eigenvalue weighted by molar-refractivity contribution is 8.01. The SMILES string of the molecule is COc1ccc(C2SC(CC(=O)O)C(=O)N(CC(C)C)c3ccc(C#N)cc32)c(OC)c1. The van der Waals surface area contributed by atoms with Crippen LogP contribution in [0.4, 0.5) is 5.69 Å². The Labute approximate surface area is 191 Å². The third-order valence-corrected chi connectivity index (χ3v) is 6.68. The zero-order valence-corrected chi connectivity index (χ0v) is 19.3. The number of nitriles is 1. The number of thioether (sulfide) groups is 1. The van der Waals surface area contributed by atoms with Crippen molar-refractivity contribution in [2.24, 2.45) is 5.92 Å². The number of hydrogen-bond donors (Lipinski definition) is 1. The van der Waals surface area contributed by atoms with Crippen molar-refractivity contribution in [3.05, 3.63) is 53.1 Å². The monoisotopic (exact) mass is 454 g/mol. The van der Waals surface area contributed by atoms with Gasteiger partial charge in [-0.3, -0.25) is 9.59 Å². The fourth-order valence-corrected chi connectivity index (χ4v) is 5.28. The molecule has 0 bridgehead atoms. The highest BCUT2D eigenvalue weighted by Crippen LogP contribution is 2.49. The predicted molar refractivity (Wildman–Crippen MR) is 123 cm³/mol. The molecule has 1 amide bonds. The number of anilines is 1. The molecular weight excluding hydrogens is 428 g/mol. The number of carbonyl (C=O) groups is 2. The van der Waals surface area contributed by atoms with Crippen LogP contribution in [0.3, 0.4) is 0 Å². The summed E-state index contributed by atoms with van der Waals surface area (Å²) in [5.41, 5.74) is 2.71. The molecule has 1 aliphatic rings. The quantitative estimate of drug-likeness (QED) is 0.668. The summed E-state index contributed by atoms with van der Waals surface area (Å²) in [4.78, 5) is 26.8. The van der Waals surface area contributed by atoms with E-state index in [1.807, 2.05) is 19.9 Å². The third kappa shape index (κ3) is 4.83. The Bertz CT molecular complexity index is 1060. The fourth-order valence-electron chi connectivity index (χ4n) is 3.79. The summed E-state index contributed by atoms with van der Waals surface area (Å²) in [6, 6.07) is 12.8. The number of carboxylic acids is 1. The highest BCUT2D eigenvalue weighted by atomic mass is 32.2. The smallest absolute Gasteiger partial charge is 0.305 e. The van der Waals surface area contributed by atoms with Gasteiger partial charge in [0.05, 0.1) is 42.8 Å². The van der Waals surface area contributed by atoms with E-state index in [0.29, 0.717) is 29.3 Å². The van der Waals surface area contributed by atoms with Gasteiger partial charge in [-0.15, -0.1) is 11.8 Å². The Morgan fingerprint density at radius 2 is 1.94 bits per heavy atom. The van der Waals surface area contributed by atoms with Gasteiger partial charge in [0, 0.05) is 23.9 Å². The molecule has 2 aromatic carbocycles. The summed E-state index contributed by atoms with van der Waals surface area (Å²) in [6.07, 6.45) is -0.299. The number of fused-ring (bicyclic) bond motifs is 1. The molecule has 0 aliphatic carbocycles. The van der Waals surface area contributed by atoms with Crippen molar-refractivity contribution in [2.75, 3.05) is 25.7 Å². The summed E-state index contributed by atoms with van der Waals surface area (Å²) >= 11 is 1.28. The number of aliphatic carboxylic acids is 1. The first-order valence-corrected chi connectivity index (χ1v) is 11.2. The summed E-state index contributed by atoms with van der Waals surface area (Å²) in [7, 11) is 3.12. The van der Waals surface area contributed by atoms with Crippen molar-refractivity contribution < 1.29 is 24.2 Å². The van der Waals surface area contributed by atoms with Gasteiger partial charge in [-0.25, -0.2) is 0 Å². The van der Waals surface area contributed by atoms with Gasteiger partial charge in [0.2, 0.25) is 5.91 Å². The van der Waals surface area contributed by atoms with Gasteiger partial charge in [-0.1, -0.05) is 19.9 Å². The van der Waals surface area contributed by atoms with Crippen molar-refractivity contribution in [1.82, 2.24) is 0 Å². The number of nitrogens with zero attached hydrogens (tertiary/aromatic N) is 2. The zero-order valence-electron chi connectivity index (χ0n) is 18.5. The zero-order chi connectivity index (χ0) is 23.4. The number of rotatable bonds is 7. The summed E-state index contributed by atoms with van der Waals surface area (Å²) in [5.74, 6) is 0.0744. The van der Waals surface area contributed by atoms with Crippen molar-refractivity contribution in [2.45, 2.75) is 30.8 Å². The molecule has 1 aliphatic heterocycles. The fraction of sp³-hybridized carbons (Fsp3) is 0.375. The maximum absolute atomic E-state index is 13.5. The Balaban J connectivity index is 2.26. The van der Waals surface area contributed by atoms with Crippen LogP contribution in [-0.2, 0) is 9.59 Å². The number of amides is 1. The van der Waals surface area contributed by atoms with E-state index in [9.17, 15) is 20.0 Å². The molecule has 1 N–H and O–H groups in total. The van der Waals surface area contributed by atoms with Crippen molar-refractivity contribution >= 4 is 29.3 Å². The van der Waals surface area contributed by atoms with Gasteiger partial charge in [-0.05, 0) is 35.7 Å². The van der Waals surface area contributed by atoms with Crippen LogP contribution in [0.5, 0.6) is 11.5 Å². The van der Waals surface area contributed by atoms with Gasteiger partial charge in [0.1, 0.15) is 11.5 Å². The second-order valence-corrected chi connectivity index (χ2v) is 9.25. The predicted octanol–water partition coefficient (Wildman–Crippen LogP) is 4.24. The molecule has 0 saturated heterocycles.